The van der Waals surface area contributed by atoms with Crippen molar-refractivity contribution in [3.63, 3.8) is 0 Å². The van der Waals surface area contributed by atoms with Gasteiger partial charge in [-0.25, -0.2) is 0 Å². The maximum absolute atomic E-state index is 11.7. The highest BCUT2D eigenvalue weighted by atomic mass is 16.7. The highest BCUT2D eigenvalue weighted by Crippen LogP contribution is 2.30. The average Bonchev–Trinajstić information content (AvgIpc) is 2.72. The second-order valence-electron chi connectivity index (χ2n) is 7.42. The Morgan fingerprint density at radius 3 is 1.71 bits per heavy atom. The number of amides is 2. The van der Waals surface area contributed by atoms with Crippen molar-refractivity contribution in [1.82, 2.24) is 10.6 Å². The number of carbonyl (C=O) groups is 2. The molecule has 5 unspecified atom stereocenters. The second kappa shape index (κ2) is 11.4. The molecule has 2 saturated heterocycles. The van der Waals surface area contributed by atoms with E-state index in [1.54, 1.807) is 0 Å². The zero-order valence-corrected chi connectivity index (χ0v) is 17.8. The first-order valence-electron chi connectivity index (χ1n) is 9.82. The predicted octanol–water partition coefficient (Wildman–Crippen LogP) is -3.80. The number of hydrogen-bond acceptors (Lipinski definition) is 11. The lowest BCUT2D eigenvalue weighted by Crippen LogP contribution is -2.69. The normalized spacial score (nSPS) is 40.9. The van der Waals surface area contributed by atoms with Gasteiger partial charge < -0.3 is 54.7 Å². The third kappa shape index (κ3) is 5.88. The maximum Gasteiger partial charge on any atom is 0.217 e. The van der Waals surface area contributed by atoms with Gasteiger partial charge in [-0.3, -0.25) is 9.59 Å². The smallest absolute Gasteiger partial charge is 0.217 e. The molecule has 0 saturated carbocycles. The molecule has 0 bridgehead atoms. The second-order valence-corrected chi connectivity index (χ2v) is 7.42. The third-order valence-corrected chi connectivity index (χ3v) is 5.24. The first-order chi connectivity index (χ1) is 14.7. The van der Waals surface area contributed by atoms with Crippen LogP contribution in [0, 0.1) is 0 Å². The van der Waals surface area contributed by atoms with E-state index in [0.717, 1.165) is 0 Å². The quantitative estimate of drug-likeness (QED) is 0.212. The molecular weight excluding hydrogens is 420 g/mol. The molecule has 0 aliphatic carbocycles. The van der Waals surface area contributed by atoms with Crippen LogP contribution in [0.5, 0.6) is 0 Å². The van der Waals surface area contributed by atoms with Crippen molar-refractivity contribution in [2.45, 2.75) is 75.1 Å². The summed E-state index contributed by atoms with van der Waals surface area (Å²) in [4.78, 5) is 23.2. The minimum atomic E-state index is -1.41. The molecule has 0 spiro atoms. The Balaban J connectivity index is 2.30. The first kappa shape index (κ1) is 25.8. The SMILES string of the molecule is CO[C@@H]1OC(CO)C(OC2O[C@@H](CO)[C@@H](OC)C(O)C2NC(C)=O)[C@H](O)[C@@H]1NC(C)=O. The fraction of sp³-hybridized carbons (Fsp3) is 0.889. The summed E-state index contributed by atoms with van der Waals surface area (Å²) in [7, 11) is 2.63. The van der Waals surface area contributed by atoms with Gasteiger partial charge in [0.25, 0.3) is 0 Å². The number of aliphatic hydroxyl groups excluding tert-OH is 4. The Morgan fingerprint density at radius 2 is 1.26 bits per heavy atom. The molecule has 0 aromatic carbocycles. The molecule has 0 radical (unpaired) electrons. The maximum atomic E-state index is 11.7. The Bertz CT molecular complexity index is 609. The lowest BCUT2D eigenvalue weighted by molar-refractivity contribution is -0.331. The largest absolute Gasteiger partial charge is 0.394 e. The molecule has 0 aromatic heterocycles. The van der Waals surface area contributed by atoms with Gasteiger partial charge in [-0.1, -0.05) is 0 Å². The molecule has 10 atom stereocenters. The van der Waals surface area contributed by atoms with Crippen LogP contribution in [0.3, 0.4) is 0 Å². The molecule has 13 heteroatoms. The van der Waals surface area contributed by atoms with E-state index in [2.05, 4.69) is 10.6 Å². The van der Waals surface area contributed by atoms with Crippen molar-refractivity contribution in [2.24, 2.45) is 0 Å². The summed E-state index contributed by atoms with van der Waals surface area (Å²) in [6.45, 7) is 1.39. The van der Waals surface area contributed by atoms with Gasteiger partial charge in [-0.2, -0.15) is 0 Å². The van der Waals surface area contributed by atoms with Crippen molar-refractivity contribution in [3.05, 3.63) is 0 Å². The van der Waals surface area contributed by atoms with E-state index >= 15 is 0 Å². The zero-order valence-electron chi connectivity index (χ0n) is 17.8. The van der Waals surface area contributed by atoms with E-state index in [0.29, 0.717) is 0 Å². The van der Waals surface area contributed by atoms with Crippen LogP contribution in [-0.2, 0) is 33.3 Å². The molecule has 2 amide bonds. The van der Waals surface area contributed by atoms with E-state index in [-0.39, 0.29) is 0 Å². The van der Waals surface area contributed by atoms with Gasteiger partial charge in [0.2, 0.25) is 11.8 Å². The standard InChI is InChI=1S/C18H32N2O11/c1-7(23)19-11-14(26)16(10(6-22)29-17(11)28-4)31-18-12(20-8(2)24)13(25)15(27-3)9(5-21)30-18/h9-18,21-22,25-26H,5-6H2,1-4H3,(H,19,23)(H,20,24)/t9-,10?,11-,12?,13?,14+,15+,16?,17+,18?/m0/s1. The summed E-state index contributed by atoms with van der Waals surface area (Å²) in [5, 5.41) is 46.0. The molecule has 2 rings (SSSR count). The number of ether oxygens (including phenoxy) is 5. The molecule has 13 nitrogen and oxygen atoms in total. The van der Waals surface area contributed by atoms with Crippen LogP contribution >= 0.6 is 0 Å². The van der Waals surface area contributed by atoms with Crippen molar-refractivity contribution >= 4 is 11.8 Å². The number of hydrogen-bond donors (Lipinski definition) is 6. The molecule has 31 heavy (non-hydrogen) atoms. The highest BCUT2D eigenvalue weighted by molar-refractivity contribution is 5.73. The topological polar surface area (TPSA) is 185 Å². The molecule has 2 aliphatic rings. The molecule has 2 fully saturated rings. The van der Waals surface area contributed by atoms with Crippen molar-refractivity contribution in [3.8, 4) is 0 Å². The Labute approximate surface area is 179 Å². The molecular formula is C18H32N2O11. The van der Waals surface area contributed by atoms with E-state index in [1.807, 2.05) is 0 Å². The predicted molar refractivity (Wildman–Crippen MR) is 101 cm³/mol. The number of rotatable bonds is 8. The molecule has 2 heterocycles. The Kier molecular flexibility index (Phi) is 9.54. The molecule has 0 aromatic rings. The Hall–Kier alpha value is -1.42. The zero-order chi connectivity index (χ0) is 23.3. The summed E-state index contributed by atoms with van der Waals surface area (Å²) in [5.74, 6) is -0.951. The summed E-state index contributed by atoms with van der Waals surface area (Å²) in [6.07, 6.45) is -9.45. The Morgan fingerprint density at radius 1 is 0.806 bits per heavy atom. The fourth-order valence-electron chi connectivity index (χ4n) is 3.84. The van der Waals surface area contributed by atoms with Gasteiger partial charge in [0.05, 0.1) is 13.2 Å². The number of carbonyl (C=O) groups excluding carboxylic acids is 2. The summed E-state index contributed by atoms with van der Waals surface area (Å²) in [6, 6.07) is -2.17. The lowest BCUT2D eigenvalue weighted by Gasteiger charge is -2.48. The van der Waals surface area contributed by atoms with Gasteiger partial charge >= 0.3 is 0 Å². The highest BCUT2D eigenvalue weighted by Gasteiger charge is 2.52. The van der Waals surface area contributed by atoms with E-state index in [9.17, 15) is 30.0 Å². The molecule has 180 valence electrons. The average molecular weight is 452 g/mol. The van der Waals surface area contributed by atoms with Crippen LogP contribution in [0.4, 0.5) is 0 Å². The molecule has 2 aliphatic heterocycles. The van der Waals surface area contributed by atoms with Crippen molar-refractivity contribution in [2.75, 3.05) is 27.4 Å². The first-order valence-corrected chi connectivity index (χ1v) is 9.82. The summed E-state index contributed by atoms with van der Waals surface area (Å²) < 4.78 is 27.5. The van der Waals surface area contributed by atoms with Gasteiger partial charge in [0.1, 0.15) is 48.7 Å². The van der Waals surface area contributed by atoms with Gasteiger partial charge in [-0.15, -0.1) is 0 Å². The van der Waals surface area contributed by atoms with Crippen LogP contribution in [0.25, 0.3) is 0 Å². The van der Waals surface area contributed by atoms with E-state index in [1.165, 1.54) is 28.1 Å². The van der Waals surface area contributed by atoms with E-state index < -0.39 is 86.3 Å². The van der Waals surface area contributed by atoms with Crippen LogP contribution in [0.1, 0.15) is 13.8 Å². The van der Waals surface area contributed by atoms with Crippen LogP contribution in [-0.4, -0.2) is 121 Å². The minimum Gasteiger partial charge on any atom is -0.394 e. The van der Waals surface area contributed by atoms with Gasteiger partial charge in [0, 0.05) is 28.1 Å². The van der Waals surface area contributed by atoms with Crippen molar-refractivity contribution in [1.29, 1.82) is 0 Å². The number of methoxy groups -OCH3 is 2. The van der Waals surface area contributed by atoms with Crippen LogP contribution < -0.4 is 10.6 Å². The van der Waals surface area contributed by atoms with Gasteiger partial charge in [0.15, 0.2) is 12.6 Å². The molecule has 6 N–H and O–H groups in total. The van der Waals surface area contributed by atoms with Crippen LogP contribution in [0.2, 0.25) is 0 Å². The fourth-order valence-corrected chi connectivity index (χ4v) is 3.84. The van der Waals surface area contributed by atoms with Crippen LogP contribution in [0.15, 0.2) is 0 Å². The number of nitrogens with one attached hydrogen (secondary N) is 2. The van der Waals surface area contributed by atoms with Crippen molar-refractivity contribution < 1.29 is 53.7 Å². The lowest BCUT2D eigenvalue weighted by atomic mass is 9.94. The minimum absolute atomic E-state index is 0.459. The monoisotopic (exact) mass is 452 g/mol. The summed E-state index contributed by atoms with van der Waals surface area (Å²) in [5.41, 5.74) is 0. The summed E-state index contributed by atoms with van der Waals surface area (Å²) >= 11 is 0. The number of aliphatic hydroxyl groups is 4. The van der Waals surface area contributed by atoms with Gasteiger partial charge in [-0.05, 0) is 0 Å². The van der Waals surface area contributed by atoms with E-state index in [4.69, 9.17) is 23.7 Å². The third-order valence-electron chi connectivity index (χ3n) is 5.24.